The third-order valence-corrected chi connectivity index (χ3v) is 6.02. The van der Waals surface area contributed by atoms with Crippen molar-refractivity contribution in [2.24, 2.45) is 0 Å². The minimum absolute atomic E-state index is 0.0604. The molecule has 2 rings (SSSR count). The van der Waals surface area contributed by atoms with E-state index >= 15 is 0 Å². The van der Waals surface area contributed by atoms with Gasteiger partial charge in [-0.05, 0) is 37.1 Å². The summed E-state index contributed by atoms with van der Waals surface area (Å²) in [5.41, 5.74) is 1.35. The molecule has 24 heavy (non-hydrogen) atoms. The molecule has 1 saturated carbocycles. The van der Waals surface area contributed by atoms with E-state index in [2.05, 4.69) is 16.6 Å². The minimum Gasteiger partial charge on any atom is -0.345 e. The Morgan fingerprint density at radius 2 is 1.79 bits per heavy atom. The van der Waals surface area contributed by atoms with Crippen LogP contribution in [0.4, 0.5) is 0 Å². The van der Waals surface area contributed by atoms with Gasteiger partial charge in [0.2, 0.25) is 10.0 Å². The molecule has 5 nitrogen and oxygen atoms in total. The second-order valence-electron chi connectivity index (χ2n) is 6.20. The zero-order valence-electron chi connectivity index (χ0n) is 14.2. The van der Waals surface area contributed by atoms with Crippen molar-refractivity contribution in [3.63, 3.8) is 0 Å². The molecule has 0 aromatic heterocycles. The van der Waals surface area contributed by atoms with E-state index in [0.717, 1.165) is 37.7 Å². The molecule has 0 bridgehead atoms. The van der Waals surface area contributed by atoms with Gasteiger partial charge in [-0.15, -0.1) is 0 Å². The lowest BCUT2D eigenvalue weighted by Crippen LogP contribution is -2.35. The van der Waals surface area contributed by atoms with Crippen molar-refractivity contribution < 1.29 is 13.2 Å². The van der Waals surface area contributed by atoms with Gasteiger partial charge in [-0.1, -0.05) is 31.1 Å². The van der Waals surface area contributed by atoms with Crippen LogP contribution in [0.15, 0.2) is 24.3 Å². The zero-order chi connectivity index (χ0) is 17.6. The summed E-state index contributed by atoms with van der Waals surface area (Å²) in [4.78, 5) is 13.3. The maximum absolute atomic E-state index is 12.2. The van der Waals surface area contributed by atoms with Gasteiger partial charge in [0.25, 0.3) is 5.91 Å². The van der Waals surface area contributed by atoms with E-state index in [1.807, 2.05) is 0 Å². The molecule has 1 amide bonds. The third-order valence-electron chi connectivity index (χ3n) is 4.12. The SMILES string of the molecule is CN(C)C(=O)c1ccc(C#CCNS(=O)(=O)C2CCCCC2)cc1. The van der Waals surface area contributed by atoms with Gasteiger partial charge in [0, 0.05) is 25.2 Å². The lowest BCUT2D eigenvalue weighted by atomic mass is 10.0. The van der Waals surface area contributed by atoms with Crippen LogP contribution >= 0.6 is 0 Å². The number of carbonyl (C=O) groups is 1. The Hall–Kier alpha value is -1.84. The fourth-order valence-corrected chi connectivity index (χ4v) is 4.19. The van der Waals surface area contributed by atoms with Crippen molar-refractivity contribution in [3.05, 3.63) is 35.4 Å². The molecule has 0 heterocycles. The van der Waals surface area contributed by atoms with Crippen molar-refractivity contribution >= 4 is 15.9 Å². The van der Waals surface area contributed by atoms with Crippen molar-refractivity contribution in [1.29, 1.82) is 0 Å². The Labute approximate surface area is 144 Å². The minimum atomic E-state index is -3.27. The molecule has 1 aromatic carbocycles. The molecule has 1 aliphatic rings. The van der Waals surface area contributed by atoms with Crippen molar-refractivity contribution in [2.75, 3.05) is 20.6 Å². The van der Waals surface area contributed by atoms with E-state index in [1.54, 1.807) is 38.4 Å². The summed E-state index contributed by atoms with van der Waals surface area (Å²) >= 11 is 0. The highest BCUT2D eigenvalue weighted by Crippen LogP contribution is 2.22. The number of rotatable bonds is 4. The van der Waals surface area contributed by atoms with Gasteiger partial charge in [-0.25, -0.2) is 13.1 Å². The fourth-order valence-electron chi connectivity index (χ4n) is 2.73. The molecule has 130 valence electrons. The largest absolute Gasteiger partial charge is 0.345 e. The predicted molar refractivity (Wildman–Crippen MR) is 95.1 cm³/mol. The van der Waals surface area contributed by atoms with Gasteiger partial charge in [-0.3, -0.25) is 4.79 Å². The molecule has 0 spiro atoms. The first-order valence-electron chi connectivity index (χ1n) is 8.19. The second kappa shape index (κ2) is 8.32. The number of carbonyl (C=O) groups excluding carboxylic acids is 1. The van der Waals surface area contributed by atoms with Crippen molar-refractivity contribution in [3.8, 4) is 11.8 Å². The number of nitrogens with one attached hydrogen (secondary N) is 1. The summed E-state index contributed by atoms with van der Waals surface area (Å²) in [5, 5.41) is -0.274. The normalized spacial score (nSPS) is 15.4. The summed E-state index contributed by atoms with van der Waals surface area (Å²) < 4.78 is 26.9. The highest BCUT2D eigenvalue weighted by Gasteiger charge is 2.26. The molecule has 0 radical (unpaired) electrons. The van der Waals surface area contributed by atoms with Gasteiger partial charge in [0.15, 0.2) is 0 Å². The fraction of sp³-hybridized carbons (Fsp3) is 0.500. The molecule has 1 aromatic rings. The summed E-state index contributed by atoms with van der Waals surface area (Å²) in [6, 6.07) is 6.97. The van der Waals surface area contributed by atoms with Crippen LogP contribution in [-0.4, -0.2) is 45.1 Å². The van der Waals surface area contributed by atoms with Crippen LogP contribution in [0, 0.1) is 11.8 Å². The standard InChI is InChI=1S/C18H24N2O3S/c1-20(2)18(21)16-12-10-15(11-13-16)7-6-14-19-24(22,23)17-8-4-3-5-9-17/h10-13,17,19H,3-5,8-9,14H2,1-2H3. The lowest BCUT2D eigenvalue weighted by Gasteiger charge is -2.21. The van der Waals surface area contributed by atoms with Crippen molar-refractivity contribution in [2.45, 2.75) is 37.4 Å². The molecule has 1 aliphatic carbocycles. The summed E-state index contributed by atoms with van der Waals surface area (Å²) in [7, 11) is 0.138. The van der Waals surface area contributed by atoms with Crippen LogP contribution in [-0.2, 0) is 10.0 Å². The second-order valence-corrected chi connectivity index (χ2v) is 8.25. The number of hydrogen-bond donors (Lipinski definition) is 1. The van der Waals surface area contributed by atoms with E-state index in [-0.39, 0.29) is 17.7 Å². The number of sulfonamides is 1. The number of amides is 1. The summed E-state index contributed by atoms with van der Waals surface area (Å²) in [6.45, 7) is 0.108. The van der Waals surface area contributed by atoms with Crippen LogP contribution < -0.4 is 4.72 Å². The van der Waals surface area contributed by atoms with Crippen LogP contribution in [0.25, 0.3) is 0 Å². The molecule has 1 N–H and O–H groups in total. The third kappa shape index (κ3) is 5.08. The number of hydrogen-bond acceptors (Lipinski definition) is 3. The first kappa shape index (κ1) is 18.5. The summed E-state index contributed by atoms with van der Waals surface area (Å²) in [6.07, 6.45) is 4.57. The highest BCUT2D eigenvalue weighted by atomic mass is 32.2. The number of benzene rings is 1. The Morgan fingerprint density at radius 1 is 1.17 bits per heavy atom. The highest BCUT2D eigenvalue weighted by molar-refractivity contribution is 7.90. The van der Waals surface area contributed by atoms with Gasteiger partial charge in [0.1, 0.15) is 0 Å². The molecule has 0 unspecified atom stereocenters. The van der Waals surface area contributed by atoms with Gasteiger partial charge < -0.3 is 4.90 Å². The Balaban J connectivity index is 1.90. The predicted octanol–water partition coefficient (Wildman–Crippen LogP) is 1.99. The topological polar surface area (TPSA) is 66.5 Å². The van der Waals surface area contributed by atoms with E-state index < -0.39 is 10.0 Å². The number of nitrogens with zero attached hydrogens (tertiary/aromatic N) is 1. The molecule has 0 aliphatic heterocycles. The monoisotopic (exact) mass is 348 g/mol. The molecule has 0 atom stereocenters. The van der Waals surface area contributed by atoms with Gasteiger partial charge >= 0.3 is 0 Å². The summed E-state index contributed by atoms with van der Waals surface area (Å²) in [5.74, 6) is 5.69. The average Bonchev–Trinajstić information content (AvgIpc) is 2.59. The molecule has 6 heteroatoms. The quantitative estimate of drug-likeness (QED) is 0.846. The smallest absolute Gasteiger partial charge is 0.253 e. The Morgan fingerprint density at radius 3 is 2.38 bits per heavy atom. The van der Waals surface area contributed by atoms with E-state index in [4.69, 9.17) is 0 Å². The Bertz CT molecular complexity index is 722. The average molecular weight is 348 g/mol. The van der Waals surface area contributed by atoms with E-state index in [9.17, 15) is 13.2 Å². The molecular formula is C18H24N2O3S. The Kier molecular flexibility index (Phi) is 6.41. The van der Waals surface area contributed by atoms with E-state index in [1.165, 1.54) is 4.90 Å². The first-order valence-corrected chi connectivity index (χ1v) is 9.74. The van der Waals surface area contributed by atoms with Gasteiger partial charge in [-0.2, -0.15) is 0 Å². The molecular weight excluding hydrogens is 324 g/mol. The van der Waals surface area contributed by atoms with Crippen LogP contribution in [0.3, 0.4) is 0 Å². The van der Waals surface area contributed by atoms with E-state index in [0.29, 0.717) is 5.56 Å². The van der Waals surface area contributed by atoms with Crippen LogP contribution in [0.2, 0.25) is 0 Å². The van der Waals surface area contributed by atoms with Crippen molar-refractivity contribution in [1.82, 2.24) is 9.62 Å². The van der Waals surface area contributed by atoms with Crippen LogP contribution in [0.1, 0.15) is 48.0 Å². The first-order chi connectivity index (χ1) is 11.4. The molecule has 1 fully saturated rings. The van der Waals surface area contributed by atoms with Gasteiger partial charge in [0.05, 0.1) is 11.8 Å². The zero-order valence-corrected chi connectivity index (χ0v) is 15.0. The lowest BCUT2D eigenvalue weighted by molar-refractivity contribution is 0.0827. The van der Waals surface area contributed by atoms with Crippen LogP contribution in [0.5, 0.6) is 0 Å². The maximum atomic E-state index is 12.2. The molecule has 0 saturated heterocycles. The maximum Gasteiger partial charge on any atom is 0.253 e.